The van der Waals surface area contributed by atoms with Crippen LogP contribution in [0.2, 0.25) is 0 Å². The van der Waals surface area contributed by atoms with Gasteiger partial charge in [-0.15, -0.1) is 0 Å². The molecule has 0 N–H and O–H groups in total. The van der Waals surface area contributed by atoms with E-state index in [1.165, 1.54) is 163 Å². The first-order valence-electron chi connectivity index (χ1n) is 33.2. The quantitative estimate of drug-likeness (QED) is 0.133. The van der Waals surface area contributed by atoms with E-state index in [0.717, 1.165) is 0 Å². The Bertz CT molecular complexity index is 4510. The minimum atomic E-state index is 1.33. The lowest BCUT2D eigenvalue weighted by atomic mass is 9.93. The second-order valence-electron chi connectivity index (χ2n) is 22.0. The topological polar surface area (TPSA) is 0 Å². The molecule has 0 fully saturated rings. The van der Waals surface area contributed by atoms with Gasteiger partial charge in [-0.1, -0.05) is 275 Å². The minimum Gasteiger partial charge on any atom is -0.0683 e. The molecule has 15 rings (SSSR count). The Morgan fingerprint density at radius 2 is 0.356 bits per heavy atom. The molecule has 15 aromatic rings. The smallest absolute Gasteiger partial charge is 0.0119 e. The van der Waals surface area contributed by atoms with Crippen molar-refractivity contribution in [2.45, 2.75) is 138 Å². The molecule has 0 heteroatoms. The highest BCUT2D eigenvalue weighted by atomic mass is 14.1. The third kappa shape index (κ3) is 15.7. The summed E-state index contributed by atoms with van der Waals surface area (Å²) in [6.45, 7) is 41.9. The molecular weight excluding hydrogens is 1080 g/mol. The van der Waals surface area contributed by atoms with E-state index in [2.05, 4.69) is 312 Å². The lowest BCUT2D eigenvalue weighted by Crippen LogP contribution is -1.87. The molecule has 0 radical (unpaired) electrons. The van der Waals surface area contributed by atoms with Crippen molar-refractivity contribution in [3.05, 3.63) is 298 Å². The number of aryl methyl sites for hydroxylation is 10. The maximum atomic E-state index is 2.31. The summed E-state index contributed by atoms with van der Waals surface area (Å²) < 4.78 is 0. The first-order valence-corrected chi connectivity index (χ1v) is 33.2. The maximum Gasteiger partial charge on any atom is -0.0119 e. The van der Waals surface area contributed by atoms with Crippen LogP contribution in [0.4, 0.5) is 0 Å². The van der Waals surface area contributed by atoms with Gasteiger partial charge in [0.25, 0.3) is 0 Å². The summed E-state index contributed by atoms with van der Waals surface area (Å²) in [4.78, 5) is 0. The van der Waals surface area contributed by atoms with Gasteiger partial charge in [-0.25, -0.2) is 0 Å². The van der Waals surface area contributed by atoms with Crippen LogP contribution in [0.25, 0.3) is 108 Å². The van der Waals surface area contributed by atoms with Crippen molar-refractivity contribution < 1.29 is 0 Å². The Hall–Kier alpha value is -9.10. The summed E-state index contributed by atoms with van der Waals surface area (Å²) in [5.41, 5.74) is 13.7. The van der Waals surface area contributed by atoms with Crippen LogP contribution in [-0.2, 0) is 0 Å². The predicted molar refractivity (Wildman–Crippen MR) is 411 cm³/mol. The molecule has 0 amide bonds. The molecule has 15 aromatic carbocycles. The fraction of sp³-hybridized carbons (Fsp3) is 0.222. The van der Waals surface area contributed by atoms with Crippen molar-refractivity contribution in [2.75, 3.05) is 0 Å². The van der Waals surface area contributed by atoms with Crippen LogP contribution in [-0.4, -0.2) is 0 Å². The zero-order chi connectivity index (χ0) is 65.6. The van der Waals surface area contributed by atoms with Gasteiger partial charge in [0.05, 0.1) is 0 Å². The summed E-state index contributed by atoms with van der Waals surface area (Å²) >= 11 is 0. The molecule has 0 saturated carbocycles. The molecule has 0 aromatic heterocycles. The van der Waals surface area contributed by atoms with Gasteiger partial charge in [-0.3, -0.25) is 0 Å². The Morgan fingerprint density at radius 1 is 0.144 bits per heavy atom. The van der Waals surface area contributed by atoms with Crippen molar-refractivity contribution in [3.63, 3.8) is 0 Å². The third-order valence-electron chi connectivity index (χ3n) is 16.8. The SMILES string of the molecule is CC.CC.CC.CC.CC.Cc1c2ccccc2c(C)c2ccccc12.Cc1cccc2c(C)c3ccccc3cc12.Cc1cccc2cc3c(C)cccc3cc12.Cc1cccc2cc3cccc(C)c3cc12.Cc1cccc2cc3ccccc3c(C)c12. The predicted octanol–water partition coefficient (Wildman–Crippen LogP) is 28.2. The lowest BCUT2D eigenvalue weighted by molar-refractivity contribution is 1.49. The highest BCUT2D eigenvalue weighted by molar-refractivity contribution is 6.07. The van der Waals surface area contributed by atoms with Crippen LogP contribution in [0.15, 0.2) is 243 Å². The lowest BCUT2D eigenvalue weighted by Gasteiger charge is -2.11. The average Bonchev–Trinajstić information content (AvgIpc) is 1.16. The second-order valence-corrected chi connectivity index (χ2v) is 22.0. The second kappa shape index (κ2) is 34.0. The van der Waals surface area contributed by atoms with E-state index in [1.807, 2.05) is 69.2 Å². The zero-order valence-corrected chi connectivity index (χ0v) is 58.1. The van der Waals surface area contributed by atoms with E-state index < -0.39 is 0 Å². The molecule has 0 bridgehead atoms. The van der Waals surface area contributed by atoms with Gasteiger partial charge in [0.15, 0.2) is 0 Å². The molecule has 0 spiro atoms. The number of rotatable bonds is 0. The summed E-state index contributed by atoms with van der Waals surface area (Å²) in [5.74, 6) is 0. The molecule has 0 aliphatic rings. The monoisotopic (exact) mass is 1180 g/mol. The molecule has 90 heavy (non-hydrogen) atoms. The first kappa shape index (κ1) is 70.0. The van der Waals surface area contributed by atoms with E-state index in [4.69, 9.17) is 0 Å². The number of hydrogen-bond acceptors (Lipinski definition) is 0. The van der Waals surface area contributed by atoms with E-state index >= 15 is 0 Å². The zero-order valence-electron chi connectivity index (χ0n) is 58.1. The fourth-order valence-corrected chi connectivity index (χ4v) is 12.3. The molecule has 0 nitrogen and oxygen atoms in total. The van der Waals surface area contributed by atoms with Gasteiger partial charge >= 0.3 is 0 Å². The fourth-order valence-electron chi connectivity index (χ4n) is 12.3. The molecule has 0 heterocycles. The third-order valence-corrected chi connectivity index (χ3v) is 16.8. The number of fused-ring (bicyclic) bond motifs is 10. The Morgan fingerprint density at radius 3 is 0.756 bits per heavy atom. The van der Waals surface area contributed by atoms with Gasteiger partial charge in [0.1, 0.15) is 0 Å². The average molecular weight is 1180 g/mol. The maximum absolute atomic E-state index is 2.31. The van der Waals surface area contributed by atoms with Crippen molar-refractivity contribution in [1.29, 1.82) is 0 Å². The highest BCUT2D eigenvalue weighted by Crippen LogP contribution is 2.34. The molecule has 0 aliphatic heterocycles. The standard InChI is InChI=1S/5C16H14.5C2H6/c1-11-5-3-7-13-10-16-12(2)6-4-8-14(16)9-15(11)13;1-11-5-3-7-13-9-14-8-4-6-12(2)16(14)10-15(11)13;1-11-13-7-3-5-9-15(13)12(2)16-10-6-4-8-14(11)16;1-11-6-5-8-14-10-13-7-3-4-9-15(13)12(2)16(11)14;1-11-6-5-9-15-12(2)14-8-4-3-7-13(14)10-16(11)15;5*1-2/h5*3-10H,1-2H3;5*1-2H3. The van der Waals surface area contributed by atoms with Crippen LogP contribution in [0, 0.1) is 69.2 Å². The van der Waals surface area contributed by atoms with Crippen molar-refractivity contribution >= 4 is 108 Å². The van der Waals surface area contributed by atoms with Gasteiger partial charge < -0.3 is 0 Å². The summed E-state index contributed by atoms with van der Waals surface area (Å²) in [6, 6.07) is 87.3. The van der Waals surface area contributed by atoms with Gasteiger partial charge in [0.2, 0.25) is 0 Å². The van der Waals surface area contributed by atoms with Crippen LogP contribution < -0.4 is 0 Å². The van der Waals surface area contributed by atoms with Crippen LogP contribution in [0.3, 0.4) is 0 Å². The normalized spacial score (nSPS) is 10.2. The molecule has 460 valence electrons. The Labute approximate surface area is 541 Å². The number of hydrogen-bond donors (Lipinski definition) is 0. The molecular formula is C90H100. The van der Waals surface area contributed by atoms with Crippen molar-refractivity contribution in [3.8, 4) is 0 Å². The van der Waals surface area contributed by atoms with Crippen molar-refractivity contribution in [1.82, 2.24) is 0 Å². The molecule has 0 atom stereocenters. The van der Waals surface area contributed by atoms with E-state index in [1.54, 1.807) is 0 Å². The summed E-state index contributed by atoms with van der Waals surface area (Å²) in [5, 5.41) is 27.2. The summed E-state index contributed by atoms with van der Waals surface area (Å²) in [6.07, 6.45) is 0. The van der Waals surface area contributed by atoms with E-state index in [0.29, 0.717) is 0 Å². The number of benzene rings is 15. The largest absolute Gasteiger partial charge is 0.0683 e. The van der Waals surface area contributed by atoms with Gasteiger partial charge in [-0.2, -0.15) is 0 Å². The van der Waals surface area contributed by atoms with Crippen LogP contribution in [0.1, 0.15) is 125 Å². The van der Waals surface area contributed by atoms with E-state index in [9.17, 15) is 0 Å². The van der Waals surface area contributed by atoms with E-state index in [-0.39, 0.29) is 0 Å². The molecule has 0 unspecified atom stereocenters. The van der Waals surface area contributed by atoms with Gasteiger partial charge in [0, 0.05) is 0 Å². The highest BCUT2D eigenvalue weighted by Gasteiger charge is 2.09. The van der Waals surface area contributed by atoms with Crippen molar-refractivity contribution in [2.24, 2.45) is 0 Å². The Kier molecular flexibility index (Phi) is 26.5. The first-order chi connectivity index (χ1) is 43.8. The Balaban J connectivity index is 0.000000173. The molecule has 0 aliphatic carbocycles. The summed E-state index contributed by atoms with van der Waals surface area (Å²) in [7, 11) is 0. The minimum absolute atomic E-state index is 1.33. The van der Waals surface area contributed by atoms with Crippen LogP contribution >= 0.6 is 0 Å². The molecule has 0 saturated heterocycles. The van der Waals surface area contributed by atoms with Gasteiger partial charge in [-0.05, 0) is 269 Å². The van der Waals surface area contributed by atoms with Crippen LogP contribution in [0.5, 0.6) is 0 Å².